The van der Waals surface area contributed by atoms with Gasteiger partial charge in [0.05, 0.1) is 4.90 Å². The van der Waals surface area contributed by atoms with Gasteiger partial charge in [0.2, 0.25) is 10.0 Å². The normalized spacial score (nSPS) is 11.3. The maximum atomic E-state index is 12.2. The largest absolute Gasteiger partial charge is 0.295 e. The number of sulfonamides is 1. The van der Waals surface area contributed by atoms with Gasteiger partial charge >= 0.3 is 0 Å². The second-order valence-corrected chi connectivity index (χ2v) is 6.67. The van der Waals surface area contributed by atoms with Crippen molar-refractivity contribution in [2.75, 3.05) is 0 Å². The molecule has 4 nitrogen and oxygen atoms in total. The van der Waals surface area contributed by atoms with E-state index in [4.69, 9.17) is 11.6 Å². The molecule has 21 heavy (non-hydrogen) atoms. The van der Waals surface area contributed by atoms with Gasteiger partial charge in [-0.1, -0.05) is 41.9 Å². The van der Waals surface area contributed by atoms with Crippen molar-refractivity contribution in [3.63, 3.8) is 0 Å². The summed E-state index contributed by atoms with van der Waals surface area (Å²) in [5.74, 6) is -0.182. The zero-order valence-corrected chi connectivity index (χ0v) is 12.9. The van der Waals surface area contributed by atoms with Gasteiger partial charge in [0, 0.05) is 17.1 Å². The third-order valence-corrected chi connectivity index (χ3v) is 4.73. The summed E-state index contributed by atoms with van der Waals surface area (Å²) in [5, 5.41) is 0.498. The third kappa shape index (κ3) is 3.91. The van der Waals surface area contributed by atoms with Gasteiger partial charge < -0.3 is 0 Å². The summed E-state index contributed by atoms with van der Waals surface area (Å²) >= 11 is 5.99. The molecule has 2 aromatic rings. The lowest BCUT2D eigenvalue weighted by molar-refractivity contribution is 0.101. The zero-order valence-electron chi connectivity index (χ0n) is 11.3. The number of nitrogens with one attached hydrogen (secondary N) is 1. The van der Waals surface area contributed by atoms with Crippen LogP contribution in [0.5, 0.6) is 0 Å². The van der Waals surface area contributed by atoms with E-state index < -0.39 is 10.0 Å². The lowest BCUT2D eigenvalue weighted by atomic mass is 10.2. The van der Waals surface area contributed by atoms with Gasteiger partial charge in [0.15, 0.2) is 5.78 Å². The first kappa shape index (κ1) is 15.7. The number of carbonyl (C=O) groups excluding carboxylic acids is 1. The molecule has 0 spiro atoms. The van der Waals surface area contributed by atoms with Crippen LogP contribution in [0.15, 0.2) is 53.4 Å². The van der Waals surface area contributed by atoms with E-state index in [1.165, 1.54) is 19.1 Å². The quantitative estimate of drug-likeness (QED) is 0.860. The van der Waals surface area contributed by atoms with Crippen LogP contribution in [0.4, 0.5) is 0 Å². The number of ketones is 1. The van der Waals surface area contributed by atoms with Crippen LogP contribution in [0.3, 0.4) is 0 Å². The van der Waals surface area contributed by atoms with Gasteiger partial charge in [-0.05, 0) is 30.7 Å². The van der Waals surface area contributed by atoms with Crippen molar-refractivity contribution in [2.45, 2.75) is 18.4 Å². The van der Waals surface area contributed by atoms with E-state index in [2.05, 4.69) is 4.72 Å². The minimum atomic E-state index is -3.69. The molecular formula is C15H14ClNO3S. The lowest BCUT2D eigenvalue weighted by Crippen LogP contribution is -2.23. The topological polar surface area (TPSA) is 63.2 Å². The van der Waals surface area contributed by atoms with Crippen molar-refractivity contribution in [1.29, 1.82) is 0 Å². The predicted octanol–water partition coefficient (Wildman–Crippen LogP) is 3.02. The van der Waals surface area contributed by atoms with Crippen LogP contribution in [0, 0.1) is 0 Å². The maximum Gasteiger partial charge on any atom is 0.240 e. The molecular weight excluding hydrogens is 310 g/mol. The Labute approximate surface area is 128 Å². The summed E-state index contributed by atoms with van der Waals surface area (Å²) in [7, 11) is -3.69. The van der Waals surface area contributed by atoms with E-state index >= 15 is 0 Å². The lowest BCUT2D eigenvalue weighted by Gasteiger charge is -2.08. The molecule has 0 heterocycles. The molecule has 110 valence electrons. The summed E-state index contributed by atoms with van der Waals surface area (Å²) in [6, 6.07) is 12.9. The number of rotatable bonds is 5. The van der Waals surface area contributed by atoms with Crippen LogP contribution in [0.2, 0.25) is 5.02 Å². The molecule has 0 radical (unpaired) electrons. The first-order chi connectivity index (χ1) is 9.90. The van der Waals surface area contributed by atoms with E-state index in [0.717, 1.165) is 0 Å². The van der Waals surface area contributed by atoms with Crippen molar-refractivity contribution in [3.8, 4) is 0 Å². The van der Waals surface area contributed by atoms with Crippen LogP contribution in [-0.2, 0) is 16.6 Å². The highest BCUT2D eigenvalue weighted by Gasteiger charge is 2.15. The molecule has 0 saturated carbocycles. The summed E-state index contributed by atoms with van der Waals surface area (Å²) in [4.78, 5) is 11.4. The molecule has 0 aliphatic carbocycles. The molecule has 0 saturated heterocycles. The fourth-order valence-corrected chi connectivity index (χ4v) is 3.03. The Morgan fingerprint density at radius 2 is 1.86 bits per heavy atom. The molecule has 1 N–H and O–H groups in total. The molecule has 0 atom stereocenters. The van der Waals surface area contributed by atoms with Gasteiger partial charge in [0.1, 0.15) is 0 Å². The zero-order chi connectivity index (χ0) is 15.5. The van der Waals surface area contributed by atoms with Crippen molar-refractivity contribution < 1.29 is 13.2 Å². The molecule has 0 aliphatic rings. The number of halogens is 1. The Hall–Kier alpha value is -1.69. The Morgan fingerprint density at radius 1 is 1.14 bits per heavy atom. The highest BCUT2D eigenvalue weighted by atomic mass is 35.5. The van der Waals surface area contributed by atoms with Crippen LogP contribution >= 0.6 is 11.6 Å². The van der Waals surface area contributed by atoms with Gasteiger partial charge in [0.25, 0.3) is 0 Å². The number of carbonyl (C=O) groups is 1. The summed E-state index contributed by atoms with van der Waals surface area (Å²) < 4.78 is 26.9. The molecule has 0 unspecified atom stereocenters. The second kappa shape index (κ2) is 6.39. The number of hydrogen-bond donors (Lipinski definition) is 1. The van der Waals surface area contributed by atoms with Gasteiger partial charge in [-0.2, -0.15) is 0 Å². The van der Waals surface area contributed by atoms with Crippen molar-refractivity contribution in [3.05, 3.63) is 64.7 Å². The summed E-state index contributed by atoms with van der Waals surface area (Å²) in [6.45, 7) is 1.48. The van der Waals surface area contributed by atoms with E-state index in [1.807, 2.05) is 0 Å². The number of Topliss-reactive ketones (excluding diaryl/α,β-unsaturated/α-hetero) is 1. The van der Waals surface area contributed by atoms with Gasteiger partial charge in [-0.15, -0.1) is 0 Å². The van der Waals surface area contributed by atoms with E-state index in [-0.39, 0.29) is 17.2 Å². The standard InChI is InChI=1S/C15H14ClNO3S/c1-11(18)12-6-4-7-14(9-12)21(19,20)17-10-13-5-2-3-8-15(13)16/h2-9,17H,10H2,1H3. The fraction of sp³-hybridized carbons (Fsp3) is 0.133. The summed E-state index contributed by atoms with van der Waals surface area (Å²) in [5.41, 5.74) is 1.04. The molecule has 0 aliphatic heterocycles. The summed E-state index contributed by atoms with van der Waals surface area (Å²) in [6.07, 6.45) is 0. The van der Waals surface area contributed by atoms with E-state index in [0.29, 0.717) is 16.1 Å². The molecule has 0 fully saturated rings. The van der Waals surface area contributed by atoms with Gasteiger partial charge in [-0.3, -0.25) is 4.79 Å². The first-order valence-corrected chi connectivity index (χ1v) is 8.10. The van der Waals surface area contributed by atoms with Crippen molar-refractivity contribution in [1.82, 2.24) is 4.72 Å². The maximum absolute atomic E-state index is 12.2. The van der Waals surface area contributed by atoms with Crippen LogP contribution in [0.25, 0.3) is 0 Å². The minimum Gasteiger partial charge on any atom is -0.295 e. The monoisotopic (exact) mass is 323 g/mol. The Balaban J connectivity index is 2.21. The predicted molar refractivity (Wildman–Crippen MR) is 81.9 cm³/mol. The smallest absolute Gasteiger partial charge is 0.240 e. The Kier molecular flexibility index (Phi) is 4.77. The first-order valence-electron chi connectivity index (χ1n) is 6.24. The van der Waals surface area contributed by atoms with E-state index in [9.17, 15) is 13.2 Å². The van der Waals surface area contributed by atoms with Gasteiger partial charge in [-0.25, -0.2) is 13.1 Å². The Morgan fingerprint density at radius 3 is 2.52 bits per heavy atom. The minimum absolute atomic E-state index is 0.0576. The average molecular weight is 324 g/mol. The molecule has 0 bridgehead atoms. The SMILES string of the molecule is CC(=O)c1cccc(S(=O)(=O)NCc2ccccc2Cl)c1. The van der Waals surface area contributed by atoms with Crippen LogP contribution in [-0.4, -0.2) is 14.2 Å². The second-order valence-electron chi connectivity index (χ2n) is 4.50. The van der Waals surface area contributed by atoms with E-state index in [1.54, 1.807) is 36.4 Å². The molecule has 2 aromatic carbocycles. The highest BCUT2D eigenvalue weighted by molar-refractivity contribution is 7.89. The van der Waals surface area contributed by atoms with Crippen molar-refractivity contribution in [2.24, 2.45) is 0 Å². The van der Waals surface area contributed by atoms with Crippen LogP contribution < -0.4 is 4.72 Å². The molecule has 0 amide bonds. The number of benzene rings is 2. The van der Waals surface area contributed by atoms with Crippen LogP contribution in [0.1, 0.15) is 22.8 Å². The molecule has 0 aromatic heterocycles. The molecule has 6 heteroatoms. The highest BCUT2D eigenvalue weighted by Crippen LogP contribution is 2.16. The third-order valence-electron chi connectivity index (χ3n) is 2.96. The Bertz CT molecular complexity index is 772. The fourth-order valence-electron chi connectivity index (χ4n) is 1.78. The average Bonchev–Trinajstić information content (AvgIpc) is 2.46. The van der Waals surface area contributed by atoms with Crippen molar-refractivity contribution >= 4 is 27.4 Å². The molecule has 2 rings (SSSR count). The number of hydrogen-bond acceptors (Lipinski definition) is 3.